The van der Waals surface area contributed by atoms with Crippen LogP contribution in [0.15, 0.2) is 35.7 Å². The van der Waals surface area contributed by atoms with Gasteiger partial charge in [0.1, 0.15) is 23.0 Å². The van der Waals surface area contributed by atoms with Gasteiger partial charge in [0.05, 0.1) is 45.3 Å². The van der Waals surface area contributed by atoms with Crippen LogP contribution in [-0.4, -0.2) is 53.7 Å². The van der Waals surface area contributed by atoms with Crippen LogP contribution in [0.5, 0.6) is 23.0 Å². The molecule has 1 N–H and O–H groups in total. The Morgan fingerprint density at radius 1 is 0.882 bits per heavy atom. The Labute approximate surface area is 198 Å². The first kappa shape index (κ1) is 26.7. The molecule has 0 radical (unpaired) electrons. The fourth-order valence-corrected chi connectivity index (χ4v) is 4.33. The van der Waals surface area contributed by atoms with E-state index in [1.165, 1.54) is 46.6 Å². The van der Waals surface area contributed by atoms with Gasteiger partial charge in [-0.2, -0.15) is 0 Å². The maximum absolute atomic E-state index is 12.8. The number of carbonyl (C=O) groups excluding carboxylic acids is 1. The summed E-state index contributed by atoms with van der Waals surface area (Å²) in [6.07, 6.45) is 1.43. The summed E-state index contributed by atoms with van der Waals surface area (Å²) in [6.45, 7) is 0. The molecule has 184 valence electrons. The number of hydrogen-bond acceptors (Lipinski definition) is 8. The Bertz CT molecular complexity index is 1140. The molecule has 2 rings (SSSR count). The van der Waals surface area contributed by atoms with E-state index in [-0.39, 0.29) is 36.4 Å². The lowest BCUT2D eigenvalue weighted by atomic mass is 10.0. The van der Waals surface area contributed by atoms with Crippen LogP contribution in [0.4, 0.5) is 0 Å². The van der Waals surface area contributed by atoms with Crippen molar-refractivity contribution in [1.29, 1.82) is 0 Å². The molecule has 34 heavy (non-hydrogen) atoms. The third-order valence-electron chi connectivity index (χ3n) is 4.92. The van der Waals surface area contributed by atoms with Crippen molar-refractivity contribution in [2.45, 2.75) is 25.0 Å². The van der Waals surface area contributed by atoms with Gasteiger partial charge in [0.15, 0.2) is 15.6 Å². The number of ether oxygens (including phenoxy) is 4. The highest BCUT2D eigenvalue weighted by atomic mass is 32.2. The van der Waals surface area contributed by atoms with Gasteiger partial charge in [-0.25, -0.2) is 8.42 Å². The number of hydrogen-bond donors (Lipinski definition) is 1. The predicted octanol–water partition coefficient (Wildman–Crippen LogP) is 3.74. The van der Waals surface area contributed by atoms with Crippen LogP contribution in [0.3, 0.4) is 0 Å². The second-order valence-corrected chi connectivity index (χ2v) is 9.15. The van der Waals surface area contributed by atoms with Crippen LogP contribution in [0, 0.1) is 0 Å². The molecule has 2 aromatic carbocycles. The van der Waals surface area contributed by atoms with Crippen LogP contribution < -0.4 is 18.9 Å². The van der Waals surface area contributed by atoms with Crippen molar-refractivity contribution < 1.29 is 42.1 Å². The number of Topliss-reactive ketones (excluding diaryl/α,β-unsaturated/α-hetero) is 1. The van der Waals surface area contributed by atoms with Crippen molar-refractivity contribution in [1.82, 2.24) is 0 Å². The summed E-state index contributed by atoms with van der Waals surface area (Å²) in [4.78, 5) is 23.3. The fourth-order valence-electron chi connectivity index (χ4n) is 3.25. The van der Waals surface area contributed by atoms with Crippen LogP contribution >= 0.6 is 0 Å². The number of carboxylic acids is 1. The van der Waals surface area contributed by atoms with Gasteiger partial charge in [0.2, 0.25) is 0 Å². The van der Waals surface area contributed by atoms with Gasteiger partial charge in [-0.05, 0) is 30.2 Å². The topological polar surface area (TPSA) is 125 Å². The molecule has 0 heterocycles. The van der Waals surface area contributed by atoms with Crippen molar-refractivity contribution in [3.63, 3.8) is 0 Å². The Balaban J connectivity index is 2.29. The molecule has 0 saturated heterocycles. The van der Waals surface area contributed by atoms with Gasteiger partial charge >= 0.3 is 5.97 Å². The highest BCUT2D eigenvalue weighted by Gasteiger charge is 2.17. The second-order valence-electron chi connectivity index (χ2n) is 7.26. The molecular formula is C24H28O9S. The van der Waals surface area contributed by atoms with Gasteiger partial charge < -0.3 is 24.1 Å². The van der Waals surface area contributed by atoms with E-state index in [0.717, 1.165) is 5.41 Å². The van der Waals surface area contributed by atoms with E-state index in [0.29, 0.717) is 34.1 Å². The third-order valence-corrected chi connectivity index (χ3v) is 6.21. The molecule has 0 aliphatic rings. The third kappa shape index (κ3) is 7.24. The second kappa shape index (κ2) is 12.1. The molecule has 0 spiro atoms. The zero-order valence-electron chi connectivity index (χ0n) is 19.5. The minimum Gasteiger partial charge on any atom is -0.496 e. The zero-order chi connectivity index (χ0) is 25.3. The van der Waals surface area contributed by atoms with Crippen molar-refractivity contribution >= 4 is 27.7 Å². The molecule has 0 unspecified atom stereocenters. The lowest BCUT2D eigenvalue weighted by molar-refractivity contribution is -0.137. The first-order valence-electron chi connectivity index (χ1n) is 10.3. The van der Waals surface area contributed by atoms with Crippen LogP contribution in [0.1, 0.15) is 40.7 Å². The predicted molar refractivity (Wildman–Crippen MR) is 127 cm³/mol. The Kier molecular flexibility index (Phi) is 9.49. The minimum atomic E-state index is -3.74. The molecular weight excluding hydrogens is 464 g/mol. The van der Waals surface area contributed by atoms with E-state index in [4.69, 9.17) is 24.1 Å². The molecule has 0 aromatic heterocycles. The summed E-state index contributed by atoms with van der Waals surface area (Å²) in [6, 6.07) is 7.77. The number of ketones is 1. The van der Waals surface area contributed by atoms with E-state index in [1.54, 1.807) is 18.2 Å². The quantitative estimate of drug-likeness (QED) is 0.416. The number of benzene rings is 2. The number of sulfone groups is 1. The number of aliphatic carboxylic acids is 1. The monoisotopic (exact) mass is 492 g/mol. The zero-order valence-corrected chi connectivity index (χ0v) is 20.3. The first-order chi connectivity index (χ1) is 16.1. The lowest BCUT2D eigenvalue weighted by Crippen LogP contribution is -2.07. The molecule has 0 amide bonds. The highest BCUT2D eigenvalue weighted by molar-refractivity contribution is 7.93. The van der Waals surface area contributed by atoms with Gasteiger partial charge in [0.25, 0.3) is 0 Å². The van der Waals surface area contributed by atoms with E-state index < -0.39 is 15.8 Å². The Morgan fingerprint density at radius 2 is 1.50 bits per heavy atom. The van der Waals surface area contributed by atoms with Crippen molar-refractivity contribution in [3.05, 3.63) is 52.4 Å². The van der Waals surface area contributed by atoms with Gasteiger partial charge in [0, 0.05) is 30.4 Å². The van der Waals surface area contributed by atoms with Gasteiger partial charge in [-0.1, -0.05) is 6.07 Å². The summed E-state index contributed by atoms with van der Waals surface area (Å²) in [5.74, 6) is -0.124. The molecule has 10 heteroatoms. The number of carboxylic acid groups (broad SMARTS) is 1. The highest BCUT2D eigenvalue weighted by Crippen LogP contribution is 2.35. The standard InChI is InChI=1S/C24H28O9S/c1-30-17-13-22(32-3)18(23(14-17)33-4)10-11-34(28,29)15-16-8-9-21(31-2)19(12-16)20(25)6-5-7-24(26)27/h8-14H,5-7,15H2,1-4H3,(H,26,27). The molecule has 0 saturated carbocycles. The molecule has 0 bridgehead atoms. The molecule has 0 aliphatic carbocycles. The maximum Gasteiger partial charge on any atom is 0.303 e. The SMILES string of the molecule is COc1cc(OC)c(C=CS(=O)(=O)Cc2ccc(OC)c(C(=O)CCCC(=O)O)c2)c(OC)c1. The number of carbonyl (C=O) groups is 2. The van der Waals surface area contributed by atoms with E-state index in [9.17, 15) is 18.0 Å². The molecule has 2 aromatic rings. The first-order valence-corrected chi connectivity index (χ1v) is 12.0. The Morgan fingerprint density at radius 3 is 2.03 bits per heavy atom. The van der Waals surface area contributed by atoms with Crippen LogP contribution in [-0.2, 0) is 20.4 Å². The van der Waals surface area contributed by atoms with Crippen LogP contribution in [0.2, 0.25) is 0 Å². The lowest BCUT2D eigenvalue weighted by Gasteiger charge is -2.12. The van der Waals surface area contributed by atoms with Gasteiger partial charge in [-0.3, -0.25) is 9.59 Å². The van der Waals surface area contributed by atoms with E-state index in [1.807, 2.05) is 0 Å². The summed E-state index contributed by atoms with van der Waals surface area (Å²) in [5.41, 5.74) is 1.03. The average molecular weight is 493 g/mol. The average Bonchev–Trinajstić information content (AvgIpc) is 2.81. The molecule has 0 fully saturated rings. The normalized spacial score (nSPS) is 11.3. The summed E-state index contributed by atoms with van der Waals surface area (Å²) < 4.78 is 46.7. The van der Waals surface area contributed by atoms with Crippen LogP contribution in [0.25, 0.3) is 6.08 Å². The molecule has 0 atom stereocenters. The molecule has 0 aliphatic heterocycles. The summed E-state index contributed by atoms with van der Waals surface area (Å²) in [5, 5.41) is 9.82. The maximum atomic E-state index is 12.8. The minimum absolute atomic E-state index is 0.00975. The molecule has 9 nitrogen and oxygen atoms in total. The van der Waals surface area contributed by atoms with Crippen molar-refractivity contribution in [3.8, 4) is 23.0 Å². The number of methoxy groups -OCH3 is 4. The number of rotatable bonds is 13. The van der Waals surface area contributed by atoms with E-state index in [2.05, 4.69) is 0 Å². The van der Waals surface area contributed by atoms with Crippen molar-refractivity contribution in [2.24, 2.45) is 0 Å². The van der Waals surface area contributed by atoms with Crippen molar-refractivity contribution in [2.75, 3.05) is 28.4 Å². The summed E-state index contributed by atoms with van der Waals surface area (Å²) >= 11 is 0. The largest absolute Gasteiger partial charge is 0.496 e. The fraction of sp³-hybridized carbons (Fsp3) is 0.333. The smallest absolute Gasteiger partial charge is 0.303 e. The Hall–Kier alpha value is -3.53. The van der Waals surface area contributed by atoms with Gasteiger partial charge in [-0.15, -0.1) is 0 Å². The van der Waals surface area contributed by atoms with E-state index >= 15 is 0 Å². The summed E-state index contributed by atoms with van der Waals surface area (Å²) in [7, 11) is 2.06.